The van der Waals surface area contributed by atoms with Gasteiger partial charge in [-0.3, -0.25) is 28.7 Å². The molecule has 0 amide bonds. The van der Waals surface area contributed by atoms with Crippen molar-refractivity contribution in [2.24, 2.45) is 0 Å². The maximum absolute atomic E-state index is 11.5. The number of aromatic amines is 1. The average molecular weight is 386 g/mol. The number of carbonyl (C=O) groups is 3. The van der Waals surface area contributed by atoms with E-state index < -0.39 is 48.0 Å². The van der Waals surface area contributed by atoms with Gasteiger partial charge in [-0.1, -0.05) is 0 Å². The zero-order chi connectivity index (χ0) is 19.4. The van der Waals surface area contributed by atoms with Gasteiger partial charge in [0.05, 0.1) is 0 Å². The van der Waals surface area contributed by atoms with E-state index in [1.807, 2.05) is 0 Å². The van der Waals surface area contributed by atoms with E-state index in [1.165, 1.54) is 37.6 Å². The van der Waals surface area contributed by atoms with Crippen molar-refractivity contribution < 1.29 is 33.3 Å². The minimum atomic E-state index is -1.06. The Hall–Kier alpha value is -2.53. The van der Waals surface area contributed by atoms with Crippen LogP contribution in [0.15, 0.2) is 17.1 Å². The van der Waals surface area contributed by atoms with Crippen LogP contribution in [0.4, 0.5) is 0 Å². The SMILES string of the molecule is CC(=O)OC[C@H]1O[C@@H](n2ccc(=O)[nH]c2=S)C(OC(C)=O)C1OC(C)=O. The van der Waals surface area contributed by atoms with Gasteiger partial charge in [-0.2, -0.15) is 0 Å². The standard InChI is InChI=1S/C15H18N2O8S/c1-7(18)22-6-10-12(23-8(2)19)13(24-9(3)20)14(25-10)17-5-4-11(21)16-15(17)26/h4-5,10,12-14H,6H2,1-3H3,(H,16,21,26)/t10-,12?,13?,14-/m1/s1. The van der Waals surface area contributed by atoms with Gasteiger partial charge < -0.3 is 18.9 Å². The van der Waals surface area contributed by atoms with Gasteiger partial charge in [0, 0.05) is 33.0 Å². The number of esters is 3. The number of aromatic nitrogens is 2. The molecule has 1 N–H and O–H groups in total. The van der Waals surface area contributed by atoms with Crippen molar-refractivity contribution >= 4 is 30.1 Å². The molecule has 0 bridgehead atoms. The third kappa shape index (κ3) is 4.76. The van der Waals surface area contributed by atoms with Crippen molar-refractivity contribution in [3.05, 3.63) is 27.4 Å². The first-order valence-corrected chi connectivity index (χ1v) is 8.04. The first kappa shape index (κ1) is 19.8. The monoisotopic (exact) mass is 386 g/mol. The van der Waals surface area contributed by atoms with Gasteiger partial charge in [0.25, 0.3) is 5.56 Å². The van der Waals surface area contributed by atoms with Gasteiger partial charge >= 0.3 is 17.9 Å². The number of hydrogen-bond donors (Lipinski definition) is 1. The third-order valence-electron chi connectivity index (χ3n) is 3.47. The molecular formula is C15H18N2O8S. The Labute approximate surface area is 153 Å². The first-order chi connectivity index (χ1) is 12.2. The van der Waals surface area contributed by atoms with Gasteiger partial charge in [-0.05, 0) is 12.2 Å². The summed E-state index contributed by atoms with van der Waals surface area (Å²) in [6.07, 6.45) is -2.62. The number of H-pyrrole nitrogens is 1. The molecule has 10 nitrogen and oxygen atoms in total. The predicted octanol–water partition coefficient (Wildman–Crippen LogP) is 0.230. The molecule has 0 spiro atoms. The summed E-state index contributed by atoms with van der Waals surface area (Å²) in [5.41, 5.74) is -0.415. The maximum atomic E-state index is 11.5. The second-order valence-electron chi connectivity index (χ2n) is 5.53. The van der Waals surface area contributed by atoms with Crippen LogP contribution in [0.5, 0.6) is 0 Å². The molecule has 0 radical (unpaired) electrons. The summed E-state index contributed by atoms with van der Waals surface area (Å²) in [6.45, 7) is 3.37. The van der Waals surface area contributed by atoms with Crippen LogP contribution in [0.2, 0.25) is 0 Å². The molecule has 0 aliphatic carbocycles. The molecule has 2 rings (SSSR count). The molecule has 26 heavy (non-hydrogen) atoms. The number of hydrogen-bond acceptors (Lipinski definition) is 9. The van der Waals surface area contributed by atoms with E-state index in [-0.39, 0.29) is 11.4 Å². The fourth-order valence-electron chi connectivity index (χ4n) is 2.54. The molecule has 1 fully saturated rings. The van der Waals surface area contributed by atoms with Crippen LogP contribution < -0.4 is 5.56 Å². The molecule has 1 aliphatic heterocycles. The highest BCUT2D eigenvalue weighted by Gasteiger charge is 2.50. The van der Waals surface area contributed by atoms with Crippen LogP contribution >= 0.6 is 12.2 Å². The Morgan fingerprint density at radius 1 is 1.15 bits per heavy atom. The summed E-state index contributed by atoms with van der Waals surface area (Å²) < 4.78 is 22.6. The van der Waals surface area contributed by atoms with Crippen LogP contribution in [0.1, 0.15) is 27.0 Å². The minimum Gasteiger partial charge on any atom is -0.463 e. The molecule has 11 heteroatoms. The van der Waals surface area contributed by atoms with Crippen LogP contribution in [0, 0.1) is 4.77 Å². The van der Waals surface area contributed by atoms with Gasteiger partial charge in [0.2, 0.25) is 0 Å². The quantitative estimate of drug-likeness (QED) is 0.430. The summed E-state index contributed by atoms with van der Waals surface area (Å²) in [5, 5.41) is 0. The first-order valence-electron chi connectivity index (χ1n) is 7.63. The lowest BCUT2D eigenvalue weighted by Crippen LogP contribution is -2.40. The molecule has 0 saturated carbocycles. The zero-order valence-corrected chi connectivity index (χ0v) is 15.1. The number of nitrogens with zero attached hydrogens (tertiary/aromatic N) is 1. The summed E-state index contributed by atoms with van der Waals surface area (Å²) in [7, 11) is 0. The van der Waals surface area contributed by atoms with E-state index in [0.717, 1.165) is 0 Å². The molecule has 1 aromatic rings. The van der Waals surface area contributed by atoms with Gasteiger partial charge in [-0.15, -0.1) is 0 Å². The highest BCUT2D eigenvalue weighted by Crippen LogP contribution is 2.34. The second-order valence-corrected chi connectivity index (χ2v) is 5.92. The van der Waals surface area contributed by atoms with E-state index in [4.69, 9.17) is 31.2 Å². The van der Waals surface area contributed by atoms with E-state index >= 15 is 0 Å². The minimum absolute atomic E-state index is 0.0226. The Morgan fingerprint density at radius 3 is 2.31 bits per heavy atom. The molecular weight excluding hydrogens is 368 g/mol. The number of nitrogens with one attached hydrogen (secondary N) is 1. The Morgan fingerprint density at radius 2 is 1.77 bits per heavy atom. The molecule has 2 heterocycles. The van der Waals surface area contributed by atoms with E-state index in [9.17, 15) is 19.2 Å². The van der Waals surface area contributed by atoms with Crippen molar-refractivity contribution in [3.8, 4) is 0 Å². The highest BCUT2D eigenvalue weighted by molar-refractivity contribution is 7.71. The lowest BCUT2D eigenvalue weighted by atomic mass is 10.1. The zero-order valence-electron chi connectivity index (χ0n) is 14.3. The van der Waals surface area contributed by atoms with Crippen molar-refractivity contribution in [1.82, 2.24) is 9.55 Å². The summed E-state index contributed by atoms with van der Waals surface area (Å²) in [4.78, 5) is 47.9. The molecule has 1 aliphatic rings. The Balaban J connectivity index is 2.41. The summed E-state index contributed by atoms with van der Waals surface area (Å²) in [6, 6.07) is 1.21. The van der Waals surface area contributed by atoms with E-state index in [0.29, 0.717) is 0 Å². The topological polar surface area (TPSA) is 126 Å². The fraction of sp³-hybridized carbons (Fsp3) is 0.533. The fourth-order valence-corrected chi connectivity index (χ4v) is 2.81. The molecule has 2 unspecified atom stereocenters. The van der Waals surface area contributed by atoms with Gasteiger partial charge in [0.1, 0.15) is 12.7 Å². The molecule has 1 aromatic heterocycles. The normalized spacial score (nSPS) is 24.7. The van der Waals surface area contributed by atoms with E-state index in [1.54, 1.807) is 0 Å². The largest absolute Gasteiger partial charge is 0.463 e. The number of rotatable bonds is 5. The predicted molar refractivity (Wildman–Crippen MR) is 87.5 cm³/mol. The summed E-state index contributed by atoms with van der Waals surface area (Å²) in [5.74, 6) is -1.82. The van der Waals surface area contributed by atoms with Crippen molar-refractivity contribution in [2.45, 2.75) is 45.3 Å². The van der Waals surface area contributed by atoms with Crippen molar-refractivity contribution in [2.75, 3.05) is 6.61 Å². The molecule has 4 atom stereocenters. The smallest absolute Gasteiger partial charge is 0.303 e. The van der Waals surface area contributed by atoms with Gasteiger partial charge in [-0.25, -0.2) is 0 Å². The second kappa shape index (κ2) is 8.23. The van der Waals surface area contributed by atoms with Crippen LogP contribution in [-0.4, -0.2) is 52.4 Å². The van der Waals surface area contributed by atoms with E-state index in [2.05, 4.69) is 4.98 Å². The summed E-state index contributed by atoms with van der Waals surface area (Å²) >= 11 is 5.11. The van der Waals surface area contributed by atoms with Crippen LogP contribution in [0.3, 0.4) is 0 Å². The van der Waals surface area contributed by atoms with Crippen molar-refractivity contribution in [3.63, 3.8) is 0 Å². The highest BCUT2D eigenvalue weighted by atomic mass is 32.1. The van der Waals surface area contributed by atoms with Crippen molar-refractivity contribution in [1.29, 1.82) is 0 Å². The molecule has 0 aromatic carbocycles. The number of ether oxygens (including phenoxy) is 4. The Kier molecular flexibility index (Phi) is 6.27. The average Bonchev–Trinajstić information content (AvgIpc) is 2.82. The van der Waals surface area contributed by atoms with Gasteiger partial charge in [0.15, 0.2) is 23.2 Å². The maximum Gasteiger partial charge on any atom is 0.303 e. The lowest BCUT2D eigenvalue weighted by molar-refractivity contribution is -0.166. The lowest BCUT2D eigenvalue weighted by Gasteiger charge is -2.24. The Bertz CT molecular complexity index is 816. The molecule has 1 saturated heterocycles. The third-order valence-corrected chi connectivity index (χ3v) is 3.78. The van der Waals surface area contributed by atoms with Crippen LogP contribution in [-0.2, 0) is 33.3 Å². The molecule has 142 valence electrons. The number of carbonyl (C=O) groups excluding carboxylic acids is 3. The van der Waals surface area contributed by atoms with Crippen LogP contribution in [0.25, 0.3) is 0 Å².